The van der Waals surface area contributed by atoms with E-state index in [1.807, 2.05) is 18.2 Å². The third kappa shape index (κ3) is 4.12. The maximum absolute atomic E-state index is 4.82. The van der Waals surface area contributed by atoms with Gasteiger partial charge in [-0.3, -0.25) is 0 Å². The van der Waals surface area contributed by atoms with Crippen LogP contribution in [-0.2, 0) is 17.1 Å². The quantitative estimate of drug-likeness (QED) is 0.234. The summed E-state index contributed by atoms with van der Waals surface area (Å²) in [6.45, 7) is 0. The van der Waals surface area contributed by atoms with E-state index in [1.165, 1.54) is 16.3 Å². The van der Waals surface area contributed by atoms with Gasteiger partial charge < -0.3 is 9.97 Å². The van der Waals surface area contributed by atoms with Gasteiger partial charge in [0, 0.05) is 44.7 Å². The van der Waals surface area contributed by atoms with E-state index in [2.05, 4.69) is 101 Å². The monoisotopic (exact) mass is 491 g/mol. The van der Waals surface area contributed by atoms with Gasteiger partial charge in [0.05, 0.1) is 22.8 Å². The summed E-state index contributed by atoms with van der Waals surface area (Å²) in [6.07, 6.45) is 8.19. The van der Waals surface area contributed by atoms with Crippen molar-refractivity contribution in [3.8, 4) is 11.1 Å². The molecule has 0 fully saturated rings. The predicted octanol–water partition coefficient (Wildman–Crippen LogP) is 7.47. The van der Waals surface area contributed by atoms with Crippen molar-refractivity contribution >= 4 is 57.1 Å². The summed E-state index contributed by atoms with van der Waals surface area (Å²) in [5, 5.41) is 2.46. The Morgan fingerprint density at radius 2 is 1.09 bits per heavy atom. The first kappa shape index (κ1) is 21.4. The molecule has 2 aliphatic heterocycles. The summed E-state index contributed by atoms with van der Waals surface area (Å²) >= 11 is 0. The molecule has 5 aromatic rings. The first-order valence-electron chi connectivity index (χ1n) is 11.3. The molecule has 0 unspecified atom stereocenters. The van der Waals surface area contributed by atoms with E-state index < -0.39 is 0 Å². The third-order valence-electron chi connectivity index (χ3n) is 6.23. The minimum Gasteiger partial charge on any atom is -0.355 e. The molecule has 5 heterocycles. The van der Waals surface area contributed by atoms with Crippen LogP contribution >= 0.6 is 0 Å². The van der Waals surface area contributed by atoms with Gasteiger partial charge in [0.1, 0.15) is 0 Å². The fraction of sp³-hybridized carbons (Fsp3) is 0. The van der Waals surface area contributed by atoms with Crippen molar-refractivity contribution in [2.75, 3.05) is 0 Å². The first-order valence-corrected chi connectivity index (χ1v) is 11.3. The molecule has 0 atom stereocenters. The maximum atomic E-state index is 4.82. The molecule has 2 aromatic carbocycles. The molecule has 3 aromatic heterocycles. The smallest absolute Gasteiger partial charge is 0.0658 e. The predicted molar refractivity (Wildman–Crippen MR) is 142 cm³/mol. The van der Waals surface area contributed by atoms with Crippen LogP contribution in [0.25, 0.3) is 68.3 Å². The molecule has 2 aliphatic rings. The van der Waals surface area contributed by atoms with E-state index in [4.69, 9.17) is 9.97 Å². The van der Waals surface area contributed by atoms with Crippen LogP contribution < -0.4 is 0 Å². The van der Waals surface area contributed by atoms with Crippen molar-refractivity contribution in [2.24, 2.45) is 0 Å². The van der Waals surface area contributed by atoms with Gasteiger partial charge in [-0.25, -0.2) is 9.97 Å². The zero-order chi connectivity index (χ0) is 22.5. The van der Waals surface area contributed by atoms with Gasteiger partial charge in [-0.1, -0.05) is 36.4 Å². The van der Waals surface area contributed by atoms with Gasteiger partial charge in [0.25, 0.3) is 0 Å². The van der Waals surface area contributed by atoms with Crippen LogP contribution in [0.15, 0.2) is 84.9 Å². The van der Waals surface area contributed by atoms with E-state index in [1.54, 1.807) is 0 Å². The number of fused-ring (bicyclic) bond motifs is 9. The van der Waals surface area contributed by atoms with Gasteiger partial charge in [-0.05, 0) is 89.2 Å². The SMILES string of the molecule is C1=Cc2cc3cc(-c4ccc5ccccc5c4)c(cc4nc(cc5ccc(cc1n2)[nH]5)C=C4)[nH]3.[Mn]. The fourth-order valence-corrected chi connectivity index (χ4v) is 4.61. The molecule has 0 saturated carbocycles. The number of aromatic amines is 2. The second-order valence-corrected chi connectivity index (χ2v) is 8.65. The molecule has 0 aliphatic carbocycles. The van der Waals surface area contributed by atoms with Crippen molar-refractivity contribution in [2.45, 2.75) is 0 Å². The summed E-state index contributed by atoms with van der Waals surface area (Å²) in [4.78, 5) is 16.6. The van der Waals surface area contributed by atoms with Crippen LogP contribution in [0.1, 0.15) is 22.8 Å². The summed E-state index contributed by atoms with van der Waals surface area (Å²) in [5.41, 5.74) is 10.1. The zero-order valence-electron chi connectivity index (χ0n) is 18.7. The molecule has 4 nitrogen and oxygen atoms in total. The molecule has 1 radical (unpaired) electrons. The standard InChI is InChI=1S/C30H20N4.Mn/c1-2-4-20-13-21(6-5-19(20)3-1)29-17-28-16-26-10-9-24(32-26)14-22-7-8-23(31-22)15-25-11-12-27(33-25)18-30(29)34-28;/h1-18,31,34H;. The number of rotatable bonds is 1. The van der Waals surface area contributed by atoms with Crippen molar-refractivity contribution in [1.29, 1.82) is 0 Å². The number of aromatic nitrogens is 4. The first-order chi connectivity index (χ1) is 16.7. The van der Waals surface area contributed by atoms with Crippen LogP contribution in [0.4, 0.5) is 0 Å². The Labute approximate surface area is 212 Å². The van der Waals surface area contributed by atoms with Crippen LogP contribution in [0.3, 0.4) is 0 Å². The van der Waals surface area contributed by atoms with E-state index in [9.17, 15) is 0 Å². The Morgan fingerprint density at radius 3 is 1.77 bits per heavy atom. The van der Waals surface area contributed by atoms with Gasteiger partial charge in [0.2, 0.25) is 0 Å². The third-order valence-corrected chi connectivity index (χ3v) is 6.23. The molecule has 35 heavy (non-hydrogen) atoms. The van der Waals surface area contributed by atoms with Gasteiger partial charge >= 0.3 is 0 Å². The number of hydrogen-bond acceptors (Lipinski definition) is 2. The number of nitrogens with zero attached hydrogens (tertiary/aromatic N) is 2. The number of hydrogen-bond donors (Lipinski definition) is 2. The molecule has 167 valence electrons. The molecular formula is C30H20MnN4. The molecule has 7 rings (SSSR count). The van der Waals surface area contributed by atoms with E-state index in [0.29, 0.717) is 0 Å². The minimum absolute atomic E-state index is 0. The molecule has 8 bridgehead atoms. The van der Waals surface area contributed by atoms with Crippen LogP contribution in [-0.4, -0.2) is 19.9 Å². The Morgan fingerprint density at radius 1 is 0.486 bits per heavy atom. The van der Waals surface area contributed by atoms with E-state index in [0.717, 1.165) is 50.4 Å². The molecule has 0 spiro atoms. The van der Waals surface area contributed by atoms with Gasteiger partial charge in [-0.15, -0.1) is 0 Å². The minimum atomic E-state index is 0. The number of H-pyrrole nitrogens is 2. The van der Waals surface area contributed by atoms with E-state index in [-0.39, 0.29) is 17.1 Å². The summed E-state index contributed by atoms with van der Waals surface area (Å²) < 4.78 is 0. The van der Waals surface area contributed by atoms with Crippen molar-refractivity contribution in [3.63, 3.8) is 0 Å². The average molecular weight is 491 g/mol. The second-order valence-electron chi connectivity index (χ2n) is 8.65. The maximum Gasteiger partial charge on any atom is 0.0658 e. The molecular weight excluding hydrogens is 471 g/mol. The van der Waals surface area contributed by atoms with Gasteiger partial charge in [0.15, 0.2) is 0 Å². The molecule has 5 heteroatoms. The number of benzene rings is 2. The molecule has 0 saturated heterocycles. The van der Waals surface area contributed by atoms with Crippen molar-refractivity contribution in [3.05, 3.63) is 108 Å². The fourth-order valence-electron chi connectivity index (χ4n) is 4.61. The second kappa shape index (κ2) is 8.55. The normalized spacial score (nSPS) is 12.1. The Balaban J connectivity index is 0.00000229. The molecule has 0 amide bonds. The Kier molecular flexibility index (Phi) is 5.22. The summed E-state index contributed by atoms with van der Waals surface area (Å²) in [6, 6.07) is 29.7. The topological polar surface area (TPSA) is 57.4 Å². The van der Waals surface area contributed by atoms with Crippen LogP contribution in [0.2, 0.25) is 0 Å². The van der Waals surface area contributed by atoms with Crippen LogP contribution in [0, 0.1) is 0 Å². The largest absolute Gasteiger partial charge is 0.355 e. The zero-order valence-corrected chi connectivity index (χ0v) is 19.8. The number of nitrogens with one attached hydrogen (secondary N) is 2. The summed E-state index contributed by atoms with van der Waals surface area (Å²) in [7, 11) is 0. The Bertz CT molecular complexity index is 1820. The summed E-state index contributed by atoms with van der Waals surface area (Å²) in [5.74, 6) is 0. The van der Waals surface area contributed by atoms with Gasteiger partial charge in [-0.2, -0.15) is 0 Å². The van der Waals surface area contributed by atoms with Crippen LogP contribution in [0.5, 0.6) is 0 Å². The van der Waals surface area contributed by atoms with Crippen molar-refractivity contribution < 1.29 is 17.1 Å². The molecule has 2 N–H and O–H groups in total. The average Bonchev–Trinajstić information content (AvgIpc) is 3.64. The Hall–Kier alpha value is -4.18. The van der Waals surface area contributed by atoms with Crippen molar-refractivity contribution in [1.82, 2.24) is 19.9 Å². The van der Waals surface area contributed by atoms with E-state index >= 15 is 0 Å².